The molecule has 0 spiro atoms. The number of alkyl halides is 3. The Hall–Kier alpha value is -2.12. The van der Waals surface area contributed by atoms with Crippen LogP contribution >= 0.6 is 0 Å². The van der Waals surface area contributed by atoms with Crippen molar-refractivity contribution in [1.82, 2.24) is 14.8 Å². The summed E-state index contributed by atoms with van der Waals surface area (Å²) < 4.78 is 38.9. The first-order valence-electron chi connectivity index (χ1n) is 8.79. The van der Waals surface area contributed by atoms with Gasteiger partial charge < -0.3 is 9.80 Å². The molecule has 26 heavy (non-hydrogen) atoms. The second-order valence-corrected chi connectivity index (χ2v) is 7.16. The number of hydrogen-bond donors (Lipinski definition) is 0. The summed E-state index contributed by atoms with van der Waals surface area (Å²) in [7, 11) is 0. The minimum Gasteiger partial charge on any atom is -0.336 e. The van der Waals surface area contributed by atoms with Crippen LogP contribution in [0.3, 0.4) is 0 Å². The van der Waals surface area contributed by atoms with Gasteiger partial charge in [-0.1, -0.05) is 6.07 Å². The van der Waals surface area contributed by atoms with Gasteiger partial charge in [-0.2, -0.15) is 13.2 Å². The molecule has 0 bridgehead atoms. The molecule has 2 atom stereocenters. The number of carbonyl (C=O) groups excluding carboxylic acids is 2. The van der Waals surface area contributed by atoms with Gasteiger partial charge in [0.05, 0.1) is 18.2 Å². The molecule has 3 rings (SSSR count). The van der Waals surface area contributed by atoms with Crippen molar-refractivity contribution in [3.8, 4) is 0 Å². The molecule has 2 fully saturated rings. The van der Waals surface area contributed by atoms with E-state index in [1.807, 2.05) is 0 Å². The lowest BCUT2D eigenvalue weighted by molar-refractivity contribution is -0.168. The molecule has 1 aromatic rings. The molecule has 5 nitrogen and oxygen atoms in total. The van der Waals surface area contributed by atoms with Crippen LogP contribution in [0.2, 0.25) is 0 Å². The molecule has 8 heteroatoms. The zero-order valence-electron chi connectivity index (χ0n) is 14.6. The predicted octanol–water partition coefficient (Wildman–Crippen LogP) is 2.62. The average molecular weight is 369 g/mol. The predicted molar refractivity (Wildman–Crippen MR) is 87.7 cm³/mol. The van der Waals surface area contributed by atoms with Crippen molar-refractivity contribution in [2.45, 2.75) is 44.9 Å². The van der Waals surface area contributed by atoms with E-state index in [0.29, 0.717) is 5.69 Å². The highest BCUT2D eigenvalue weighted by Crippen LogP contribution is 2.37. The third kappa shape index (κ3) is 4.53. The van der Waals surface area contributed by atoms with Crippen molar-refractivity contribution in [3.63, 3.8) is 0 Å². The van der Waals surface area contributed by atoms with Gasteiger partial charge >= 0.3 is 6.18 Å². The number of rotatable bonds is 6. The van der Waals surface area contributed by atoms with E-state index in [4.69, 9.17) is 0 Å². The number of pyridine rings is 1. The zero-order valence-corrected chi connectivity index (χ0v) is 14.6. The van der Waals surface area contributed by atoms with Gasteiger partial charge in [0.1, 0.15) is 6.54 Å². The van der Waals surface area contributed by atoms with Crippen LogP contribution in [-0.4, -0.2) is 51.9 Å². The van der Waals surface area contributed by atoms with Gasteiger partial charge in [-0.15, -0.1) is 0 Å². The molecule has 2 aliphatic rings. The summed E-state index contributed by atoms with van der Waals surface area (Å²) in [5.74, 6) is -1.39. The number of halogens is 3. The Kier molecular flexibility index (Phi) is 5.20. The van der Waals surface area contributed by atoms with Crippen LogP contribution < -0.4 is 0 Å². The van der Waals surface area contributed by atoms with Crippen molar-refractivity contribution < 1.29 is 22.8 Å². The number of hydrogen-bond acceptors (Lipinski definition) is 3. The van der Waals surface area contributed by atoms with E-state index in [1.165, 1.54) is 4.90 Å². The quantitative estimate of drug-likeness (QED) is 0.775. The monoisotopic (exact) mass is 369 g/mol. The minimum atomic E-state index is -4.45. The molecule has 2 heterocycles. The fourth-order valence-corrected chi connectivity index (χ4v) is 3.46. The first-order valence-corrected chi connectivity index (χ1v) is 8.79. The van der Waals surface area contributed by atoms with E-state index in [9.17, 15) is 22.8 Å². The fraction of sp³-hybridized carbons (Fsp3) is 0.611. The lowest BCUT2D eigenvalue weighted by Gasteiger charge is -2.32. The maximum absolute atomic E-state index is 13.0. The maximum Gasteiger partial charge on any atom is 0.406 e. The number of likely N-dealkylation sites (tertiary alicyclic amines) is 1. The average Bonchev–Trinajstić information content (AvgIpc) is 3.37. The molecule has 1 saturated heterocycles. The SMILES string of the molecule is C[C@@H](C1CC1)N(CC(F)(F)F)C(=O)[C@@H]1CC(=O)N(Cc2ccccn2)C1. The van der Waals surface area contributed by atoms with E-state index in [0.717, 1.165) is 17.7 Å². The Morgan fingerprint density at radius 3 is 2.69 bits per heavy atom. The van der Waals surface area contributed by atoms with Gasteiger partial charge in [-0.25, -0.2) is 0 Å². The van der Waals surface area contributed by atoms with Crippen LogP contribution in [0, 0.1) is 11.8 Å². The van der Waals surface area contributed by atoms with Crippen LogP contribution in [0.5, 0.6) is 0 Å². The summed E-state index contributed by atoms with van der Waals surface area (Å²) in [6.45, 7) is 0.819. The number of aromatic nitrogens is 1. The van der Waals surface area contributed by atoms with Crippen molar-refractivity contribution in [3.05, 3.63) is 30.1 Å². The fourth-order valence-electron chi connectivity index (χ4n) is 3.46. The molecule has 1 aliphatic heterocycles. The molecular weight excluding hydrogens is 347 g/mol. The van der Waals surface area contributed by atoms with Crippen molar-refractivity contribution in [2.75, 3.05) is 13.1 Å². The zero-order chi connectivity index (χ0) is 18.9. The lowest BCUT2D eigenvalue weighted by atomic mass is 10.0. The Morgan fingerprint density at radius 2 is 2.12 bits per heavy atom. The third-order valence-corrected chi connectivity index (χ3v) is 5.07. The molecule has 1 aromatic heterocycles. The lowest BCUT2D eigenvalue weighted by Crippen LogP contribution is -2.48. The second kappa shape index (κ2) is 7.25. The minimum absolute atomic E-state index is 0.0442. The molecule has 0 aromatic carbocycles. The van der Waals surface area contributed by atoms with Gasteiger partial charge in [0.25, 0.3) is 0 Å². The van der Waals surface area contributed by atoms with E-state index >= 15 is 0 Å². The highest BCUT2D eigenvalue weighted by Gasteiger charge is 2.44. The topological polar surface area (TPSA) is 53.5 Å². The Morgan fingerprint density at radius 1 is 1.38 bits per heavy atom. The third-order valence-electron chi connectivity index (χ3n) is 5.07. The maximum atomic E-state index is 13.0. The van der Waals surface area contributed by atoms with Crippen molar-refractivity contribution in [1.29, 1.82) is 0 Å². The van der Waals surface area contributed by atoms with Crippen LogP contribution in [-0.2, 0) is 16.1 Å². The van der Waals surface area contributed by atoms with Gasteiger partial charge in [0.15, 0.2) is 0 Å². The van der Waals surface area contributed by atoms with Gasteiger partial charge in [0, 0.05) is 25.2 Å². The van der Waals surface area contributed by atoms with Crippen LogP contribution in [0.4, 0.5) is 13.2 Å². The van der Waals surface area contributed by atoms with Crippen LogP contribution in [0.1, 0.15) is 31.9 Å². The van der Waals surface area contributed by atoms with Gasteiger partial charge in [-0.05, 0) is 37.8 Å². The summed E-state index contributed by atoms with van der Waals surface area (Å²) in [5, 5.41) is 0. The standard InChI is InChI=1S/C18H22F3N3O2/c1-12(13-5-6-13)24(11-18(19,20)21)17(26)14-8-16(25)23(9-14)10-15-4-2-3-7-22-15/h2-4,7,12-14H,5-6,8-11H2,1H3/t12-,14+/m0/s1. The summed E-state index contributed by atoms with van der Waals surface area (Å²) in [6.07, 6.45) is -1.19. The number of nitrogens with zero attached hydrogens (tertiary/aromatic N) is 3. The number of amides is 2. The summed E-state index contributed by atoms with van der Waals surface area (Å²) in [5.41, 5.74) is 0.687. The molecule has 0 radical (unpaired) electrons. The highest BCUT2D eigenvalue weighted by atomic mass is 19.4. The van der Waals surface area contributed by atoms with Crippen molar-refractivity contribution in [2.24, 2.45) is 11.8 Å². The van der Waals surface area contributed by atoms with Crippen LogP contribution in [0.25, 0.3) is 0 Å². The molecule has 0 unspecified atom stereocenters. The molecule has 2 amide bonds. The van der Waals surface area contributed by atoms with E-state index in [2.05, 4.69) is 4.98 Å². The molecule has 1 aliphatic carbocycles. The Balaban J connectivity index is 1.68. The largest absolute Gasteiger partial charge is 0.406 e. The molecule has 0 N–H and O–H groups in total. The summed E-state index contributed by atoms with van der Waals surface area (Å²) in [6, 6.07) is 4.88. The molecule has 142 valence electrons. The van der Waals surface area contributed by atoms with Gasteiger partial charge in [0.2, 0.25) is 11.8 Å². The van der Waals surface area contributed by atoms with Gasteiger partial charge in [-0.3, -0.25) is 14.6 Å². The van der Waals surface area contributed by atoms with E-state index < -0.39 is 30.6 Å². The van der Waals surface area contributed by atoms with E-state index in [-0.39, 0.29) is 31.3 Å². The summed E-state index contributed by atoms with van der Waals surface area (Å²) >= 11 is 0. The van der Waals surface area contributed by atoms with E-state index in [1.54, 1.807) is 31.3 Å². The highest BCUT2D eigenvalue weighted by molar-refractivity contribution is 5.89. The van der Waals surface area contributed by atoms with Crippen molar-refractivity contribution >= 4 is 11.8 Å². The number of carbonyl (C=O) groups is 2. The molecular formula is C18H22F3N3O2. The Bertz CT molecular complexity index is 661. The summed E-state index contributed by atoms with van der Waals surface area (Å²) in [4.78, 5) is 31.6. The first kappa shape index (κ1) is 18.7. The normalized spacial score (nSPS) is 21.8. The second-order valence-electron chi connectivity index (χ2n) is 7.16. The smallest absolute Gasteiger partial charge is 0.336 e. The Labute approximate surface area is 150 Å². The van der Waals surface area contributed by atoms with Crippen LogP contribution in [0.15, 0.2) is 24.4 Å². The molecule has 1 saturated carbocycles. The first-order chi connectivity index (χ1) is 12.2.